The van der Waals surface area contributed by atoms with Crippen molar-refractivity contribution in [2.45, 2.75) is 19.0 Å². The quantitative estimate of drug-likeness (QED) is 0.336. The normalized spacial score (nSPS) is 10.8. The van der Waals surface area contributed by atoms with E-state index in [0.29, 0.717) is 16.5 Å². The highest BCUT2D eigenvalue weighted by molar-refractivity contribution is 14.1. The molecule has 122 valence electrons. The van der Waals surface area contributed by atoms with Gasteiger partial charge in [0, 0.05) is 9.13 Å². The number of carbonyl (C=O) groups is 1. The summed E-state index contributed by atoms with van der Waals surface area (Å²) < 4.78 is 2.81. The second kappa shape index (κ2) is 7.43. The summed E-state index contributed by atoms with van der Waals surface area (Å²) >= 11 is 3.57. The first-order valence-electron chi connectivity index (χ1n) is 7.33. The van der Waals surface area contributed by atoms with Crippen molar-refractivity contribution in [3.05, 3.63) is 62.7 Å². The number of hydrogen-bond acceptors (Lipinski definition) is 5. The maximum absolute atomic E-state index is 12.3. The lowest BCUT2D eigenvalue weighted by molar-refractivity contribution is 0.102. The van der Waals surface area contributed by atoms with Crippen molar-refractivity contribution in [3.63, 3.8) is 0 Å². The number of para-hydroxylation sites is 1. The molecule has 0 aliphatic rings. The molecule has 1 aromatic heterocycles. The van der Waals surface area contributed by atoms with Crippen molar-refractivity contribution in [2.75, 3.05) is 5.75 Å². The van der Waals surface area contributed by atoms with Gasteiger partial charge in [0.05, 0.1) is 11.4 Å². The largest absolute Gasteiger partial charge is 0.293 e. The van der Waals surface area contributed by atoms with Crippen LogP contribution < -0.4 is 0 Å². The van der Waals surface area contributed by atoms with Crippen molar-refractivity contribution < 1.29 is 4.79 Å². The van der Waals surface area contributed by atoms with Gasteiger partial charge in [-0.3, -0.25) is 4.79 Å². The third-order valence-corrected chi connectivity index (χ3v) is 5.23. The van der Waals surface area contributed by atoms with Gasteiger partial charge in [-0.1, -0.05) is 42.1 Å². The van der Waals surface area contributed by atoms with Crippen LogP contribution in [0.15, 0.2) is 47.6 Å². The molecule has 0 aliphatic heterocycles. The zero-order valence-corrected chi connectivity index (χ0v) is 16.2. The minimum absolute atomic E-state index is 0.0625. The highest BCUT2D eigenvalue weighted by Gasteiger charge is 2.15. The summed E-state index contributed by atoms with van der Waals surface area (Å²) in [4.78, 5) is 12.3. The summed E-state index contributed by atoms with van der Waals surface area (Å²) in [5.74, 6) is 0.360. The van der Waals surface area contributed by atoms with E-state index < -0.39 is 0 Å². The van der Waals surface area contributed by atoms with Crippen molar-refractivity contribution >= 4 is 40.1 Å². The molecule has 0 N–H and O–H groups in total. The highest BCUT2D eigenvalue weighted by Crippen LogP contribution is 2.24. The summed E-state index contributed by atoms with van der Waals surface area (Å²) in [5.41, 5.74) is 3.85. The van der Waals surface area contributed by atoms with Crippen LogP contribution in [0.4, 0.5) is 0 Å². The Morgan fingerprint density at radius 3 is 2.46 bits per heavy atom. The summed E-state index contributed by atoms with van der Waals surface area (Å²) in [5, 5.41) is 12.5. The number of nitrogens with zero attached hydrogens (tertiary/aromatic N) is 4. The molecule has 7 heteroatoms. The first-order chi connectivity index (χ1) is 11.6. The van der Waals surface area contributed by atoms with Crippen LogP contribution in [0.2, 0.25) is 0 Å². The van der Waals surface area contributed by atoms with Crippen molar-refractivity contribution in [1.29, 1.82) is 0 Å². The van der Waals surface area contributed by atoms with Crippen molar-refractivity contribution in [3.8, 4) is 5.69 Å². The number of halogens is 1. The maximum atomic E-state index is 12.3. The smallest absolute Gasteiger partial charge is 0.214 e. The molecule has 0 aliphatic carbocycles. The molecule has 0 bridgehead atoms. The van der Waals surface area contributed by atoms with E-state index >= 15 is 0 Å². The average Bonchev–Trinajstić information content (AvgIpc) is 3.01. The molecular formula is C17H15IN4OS. The van der Waals surface area contributed by atoms with Gasteiger partial charge < -0.3 is 0 Å². The second-order valence-electron chi connectivity index (χ2n) is 5.33. The fraction of sp³-hybridized carbons (Fsp3) is 0.176. The first kappa shape index (κ1) is 17.1. The van der Waals surface area contributed by atoms with Gasteiger partial charge >= 0.3 is 0 Å². The monoisotopic (exact) mass is 450 g/mol. The van der Waals surface area contributed by atoms with Crippen LogP contribution in [0.25, 0.3) is 5.69 Å². The summed E-state index contributed by atoms with van der Waals surface area (Å²) in [6.45, 7) is 4.05. The maximum Gasteiger partial charge on any atom is 0.214 e. The van der Waals surface area contributed by atoms with Crippen LogP contribution in [0.3, 0.4) is 0 Å². The summed E-state index contributed by atoms with van der Waals surface area (Å²) in [7, 11) is 0. The van der Waals surface area contributed by atoms with E-state index in [0.717, 1.165) is 20.4 Å². The molecule has 0 amide bonds. The van der Waals surface area contributed by atoms with Crippen molar-refractivity contribution in [2.24, 2.45) is 0 Å². The van der Waals surface area contributed by atoms with E-state index in [9.17, 15) is 4.79 Å². The Balaban J connectivity index is 1.79. The standard InChI is InChI=1S/C17H15IN4OS/c1-11-4-3-5-12(2)16(11)22-17(19-20-21-22)24-10-15(23)13-6-8-14(18)9-7-13/h3-9H,10H2,1-2H3. The van der Waals surface area contributed by atoms with E-state index in [-0.39, 0.29) is 5.78 Å². The lowest BCUT2D eigenvalue weighted by Crippen LogP contribution is -2.07. The molecule has 3 rings (SSSR count). The molecule has 1 heterocycles. The second-order valence-corrected chi connectivity index (χ2v) is 7.52. The molecule has 0 unspecified atom stereocenters. The van der Waals surface area contributed by atoms with Gasteiger partial charge in [-0.05, 0) is 70.1 Å². The van der Waals surface area contributed by atoms with E-state index in [1.54, 1.807) is 4.68 Å². The first-order valence-corrected chi connectivity index (χ1v) is 9.39. The zero-order valence-electron chi connectivity index (χ0n) is 13.2. The molecular weight excluding hydrogens is 435 g/mol. The Kier molecular flexibility index (Phi) is 5.30. The lowest BCUT2D eigenvalue weighted by atomic mass is 10.1. The molecule has 0 radical (unpaired) electrons. The molecule has 2 aromatic carbocycles. The summed E-state index contributed by atoms with van der Waals surface area (Å²) in [6.07, 6.45) is 0. The predicted molar refractivity (Wildman–Crippen MR) is 103 cm³/mol. The zero-order chi connectivity index (χ0) is 17.1. The van der Waals surface area contributed by atoms with Gasteiger partial charge in [0.2, 0.25) is 5.16 Å². The third kappa shape index (κ3) is 3.67. The number of thioether (sulfide) groups is 1. The molecule has 3 aromatic rings. The van der Waals surface area contributed by atoms with E-state index in [1.165, 1.54) is 11.8 Å². The third-order valence-electron chi connectivity index (χ3n) is 3.59. The predicted octanol–water partition coefficient (Wildman–Crippen LogP) is 3.86. The van der Waals surface area contributed by atoms with Gasteiger partial charge in [0.25, 0.3) is 0 Å². The lowest BCUT2D eigenvalue weighted by Gasteiger charge is -2.10. The number of Topliss-reactive ketones (excluding diaryl/α,β-unsaturated/α-hetero) is 1. The Bertz CT molecular complexity index is 856. The number of rotatable bonds is 5. The Morgan fingerprint density at radius 1 is 1.12 bits per heavy atom. The molecule has 0 spiro atoms. The van der Waals surface area contributed by atoms with Gasteiger partial charge in [0.15, 0.2) is 5.78 Å². The van der Waals surface area contributed by atoms with E-state index in [2.05, 4.69) is 38.1 Å². The van der Waals surface area contributed by atoms with Crippen LogP contribution in [0, 0.1) is 17.4 Å². The van der Waals surface area contributed by atoms with Crippen LogP contribution in [-0.2, 0) is 0 Å². The number of carbonyl (C=O) groups excluding carboxylic acids is 1. The number of hydrogen-bond donors (Lipinski definition) is 0. The fourth-order valence-electron chi connectivity index (χ4n) is 2.40. The van der Waals surface area contributed by atoms with E-state index in [1.807, 2.05) is 56.3 Å². The van der Waals surface area contributed by atoms with E-state index in [4.69, 9.17) is 0 Å². The van der Waals surface area contributed by atoms with Crippen molar-refractivity contribution in [1.82, 2.24) is 20.2 Å². The number of aromatic nitrogens is 4. The average molecular weight is 450 g/mol. The van der Waals surface area contributed by atoms with Gasteiger partial charge in [-0.25, -0.2) is 0 Å². The van der Waals surface area contributed by atoms with Crippen LogP contribution in [0.5, 0.6) is 0 Å². The topological polar surface area (TPSA) is 60.7 Å². The molecule has 24 heavy (non-hydrogen) atoms. The Hall–Kier alpha value is -1.74. The van der Waals surface area contributed by atoms with Crippen LogP contribution >= 0.6 is 34.4 Å². The number of ketones is 1. The van der Waals surface area contributed by atoms with Crippen LogP contribution in [-0.4, -0.2) is 31.7 Å². The Morgan fingerprint density at radius 2 is 1.79 bits per heavy atom. The highest BCUT2D eigenvalue weighted by atomic mass is 127. The minimum Gasteiger partial charge on any atom is -0.293 e. The molecule has 5 nitrogen and oxygen atoms in total. The molecule has 0 fully saturated rings. The number of benzene rings is 2. The number of tetrazole rings is 1. The SMILES string of the molecule is Cc1cccc(C)c1-n1nnnc1SCC(=O)c1ccc(I)cc1. The summed E-state index contributed by atoms with van der Waals surface area (Å²) in [6, 6.07) is 13.6. The van der Waals surface area contributed by atoms with Crippen LogP contribution in [0.1, 0.15) is 21.5 Å². The number of aryl methyl sites for hydroxylation is 2. The van der Waals surface area contributed by atoms with Gasteiger partial charge in [-0.15, -0.1) is 5.10 Å². The van der Waals surface area contributed by atoms with Gasteiger partial charge in [0.1, 0.15) is 0 Å². The minimum atomic E-state index is 0.0625. The molecule has 0 saturated heterocycles. The molecule has 0 atom stereocenters. The fourth-order valence-corrected chi connectivity index (χ4v) is 3.53. The Labute approximate surface area is 158 Å². The van der Waals surface area contributed by atoms with Gasteiger partial charge in [-0.2, -0.15) is 4.68 Å². The molecule has 0 saturated carbocycles.